The molecule has 1 heterocycles. The lowest BCUT2D eigenvalue weighted by Gasteiger charge is -2.22. The largest absolute Gasteiger partial charge is 0.372 e. The third-order valence-corrected chi connectivity index (χ3v) is 4.04. The minimum Gasteiger partial charge on any atom is -0.372 e. The number of rotatable bonds is 6. The molecule has 1 aromatic rings. The van der Waals surface area contributed by atoms with E-state index in [1.807, 2.05) is 20.1 Å². The smallest absolute Gasteiger partial charge is 0.288 e. The third-order valence-electron chi connectivity index (χ3n) is 2.79. The maximum Gasteiger partial charge on any atom is 0.288 e. The van der Waals surface area contributed by atoms with Crippen LogP contribution in [0.1, 0.15) is 24.2 Å². The minimum absolute atomic E-state index is 0.108. The zero-order valence-electron chi connectivity index (χ0n) is 11.9. The molecule has 0 saturated carbocycles. The maximum atomic E-state index is 12.1. The van der Waals surface area contributed by atoms with Crippen molar-refractivity contribution in [2.45, 2.75) is 18.6 Å². The van der Waals surface area contributed by atoms with Crippen molar-refractivity contribution in [3.63, 3.8) is 0 Å². The molecule has 0 aromatic carbocycles. The van der Waals surface area contributed by atoms with Gasteiger partial charge in [-0.05, 0) is 20.1 Å². The van der Waals surface area contributed by atoms with Gasteiger partial charge in [-0.3, -0.25) is 14.9 Å². The number of amides is 1. The van der Waals surface area contributed by atoms with Crippen molar-refractivity contribution in [3.8, 4) is 0 Å². The molecule has 0 unspecified atom stereocenters. The summed E-state index contributed by atoms with van der Waals surface area (Å²) in [6.45, 7) is 4.46. The first kappa shape index (κ1) is 16.2. The van der Waals surface area contributed by atoms with Crippen molar-refractivity contribution in [2.75, 3.05) is 25.2 Å². The van der Waals surface area contributed by atoms with Crippen LogP contribution in [0.25, 0.3) is 0 Å². The Morgan fingerprint density at radius 3 is 2.70 bits per heavy atom. The van der Waals surface area contributed by atoms with Gasteiger partial charge < -0.3 is 10.6 Å². The number of thioether (sulfide) groups is 1. The molecule has 0 aliphatic carbocycles. The van der Waals surface area contributed by atoms with E-state index in [1.54, 1.807) is 18.8 Å². The highest BCUT2D eigenvalue weighted by molar-refractivity contribution is 7.99. The maximum absolute atomic E-state index is 12.1. The van der Waals surface area contributed by atoms with Gasteiger partial charge >= 0.3 is 0 Å². The lowest BCUT2D eigenvalue weighted by Crippen LogP contribution is -2.36. The normalized spacial score (nSPS) is 11.0. The van der Waals surface area contributed by atoms with Crippen LogP contribution in [-0.2, 0) is 0 Å². The first-order valence-electron chi connectivity index (χ1n) is 5.96. The molecule has 0 saturated heterocycles. The topological polar surface area (TPSA) is 97.2 Å². The summed E-state index contributed by atoms with van der Waals surface area (Å²) in [6, 6.07) is 1.22. The van der Waals surface area contributed by atoms with E-state index in [1.165, 1.54) is 6.07 Å². The summed E-state index contributed by atoms with van der Waals surface area (Å²) in [6.07, 6.45) is 3.08. The number of hydrogen-bond acceptors (Lipinski definition) is 6. The Morgan fingerprint density at radius 1 is 1.55 bits per heavy atom. The number of nitro groups is 1. The summed E-state index contributed by atoms with van der Waals surface area (Å²) < 4.78 is -0.108. The predicted molar refractivity (Wildman–Crippen MR) is 80.4 cm³/mol. The number of carbonyl (C=O) groups excluding carboxylic acids is 1. The molecule has 7 nitrogen and oxygen atoms in total. The molecule has 0 aliphatic heterocycles. The van der Waals surface area contributed by atoms with E-state index >= 15 is 0 Å². The minimum atomic E-state index is -0.574. The van der Waals surface area contributed by atoms with Crippen LogP contribution in [0.5, 0.6) is 0 Å². The number of hydrogen-bond donors (Lipinski definition) is 2. The molecule has 1 amide bonds. The number of aromatic nitrogens is 1. The van der Waals surface area contributed by atoms with Crippen LogP contribution in [0.4, 0.5) is 11.5 Å². The highest BCUT2D eigenvalue weighted by atomic mass is 32.2. The predicted octanol–water partition coefficient (Wildman–Crippen LogP) is 1.90. The van der Waals surface area contributed by atoms with Crippen LogP contribution < -0.4 is 10.6 Å². The van der Waals surface area contributed by atoms with E-state index in [9.17, 15) is 14.9 Å². The molecule has 0 atom stereocenters. The van der Waals surface area contributed by atoms with Gasteiger partial charge in [0, 0.05) is 24.4 Å². The monoisotopic (exact) mass is 298 g/mol. The standard InChI is InChI=1S/C12H18N4O3S/c1-12(2,20-4)7-15-11(17)9-5-8(16(18)19)6-14-10(9)13-3/h5-6H,7H2,1-4H3,(H,13,14)(H,15,17). The SMILES string of the molecule is CNc1ncc([N+](=O)[O-])cc1C(=O)NCC(C)(C)SC. The van der Waals surface area contributed by atoms with Crippen LogP contribution in [0.3, 0.4) is 0 Å². The first-order valence-corrected chi connectivity index (χ1v) is 7.18. The molecule has 0 fully saturated rings. The Morgan fingerprint density at radius 2 is 2.20 bits per heavy atom. The summed E-state index contributed by atoms with van der Waals surface area (Å²) in [5, 5.41) is 16.3. The summed E-state index contributed by atoms with van der Waals surface area (Å²) in [7, 11) is 1.61. The Labute approximate surface area is 121 Å². The average molecular weight is 298 g/mol. The quantitative estimate of drug-likeness (QED) is 0.615. The molecule has 20 heavy (non-hydrogen) atoms. The van der Waals surface area contributed by atoms with Gasteiger partial charge in [-0.25, -0.2) is 4.98 Å². The molecule has 0 spiro atoms. The lowest BCUT2D eigenvalue weighted by molar-refractivity contribution is -0.385. The highest BCUT2D eigenvalue weighted by Gasteiger charge is 2.21. The van der Waals surface area contributed by atoms with Gasteiger partial charge in [0.25, 0.3) is 11.6 Å². The van der Waals surface area contributed by atoms with Gasteiger partial charge in [0.05, 0.1) is 10.5 Å². The Balaban J connectivity index is 2.96. The zero-order valence-corrected chi connectivity index (χ0v) is 12.7. The number of pyridine rings is 1. The van der Waals surface area contributed by atoms with Crippen molar-refractivity contribution in [2.24, 2.45) is 0 Å². The van der Waals surface area contributed by atoms with E-state index in [2.05, 4.69) is 15.6 Å². The number of nitrogens with zero attached hydrogens (tertiary/aromatic N) is 2. The number of nitrogens with one attached hydrogen (secondary N) is 2. The van der Waals surface area contributed by atoms with E-state index in [0.717, 1.165) is 6.20 Å². The van der Waals surface area contributed by atoms with Crippen molar-refractivity contribution >= 4 is 29.2 Å². The third kappa shape index (κ3) is 4.09. The fraction of sp³-hybridized carbons (Fsp3) is 0.500. The fourth-order valence-electron chi connectivity index (χ4n) is 1.39. The van der Waals surface area contributed by atoms with Crippen molar-refractivity contribution in [1.29, 1.82) is 0 Å². The van der Waals surface area contributed by atoms with Crippen LogP contribution in [-0.4, -0.2) is 40.4 Å². The molecule has 0 radical (unpaired) electrons. The highest BCUT2D eigenvalue weighted by Crippen LogP contribution is 2.21. The zero-order chi connectivity index (χ0) is 15.3. The van der Waals surface area contributed by atoms with Crippen molar-refractivity contribution in [1.82, 2.24) is 10.3 Å². The van der Waals surface area contributed by atoms with E-state index < -0.39 is 4.92 Å². The van der Waals surface area contributed by atoms with E-state index in [0.29, 0.717) is 12.4 Å². The van der Waals surface area contributed by atoms with Crippen LogP contribution in [0, 0.1) is 10.1 Å². The molecule has 110 valence electrons. The summed E-state index contributed by atoms with van der Waals surface area (Å²) >= 11 is 1.63. The van der Waals surface area contributed by atoms with Gasteiger partial charge in [0.2, 0.25) is 0 Å². The van der Waals surface area contributed by atoms with Gasteiger partial charge in [-0.15, -0.1) is 0 Å². The number of anilines is 1. The molecule has 1 aromatic heterocycles. The summed E-state index contributed by atoms with van der Waals surface area (Å²) in [5.74, 6) is -0.0669. The molecular formula is C12H18N4O3S. The van der Waals surface area contributed by atoms with Gasteiger partial charge in [0.15, 0.2) is 0 Å². The van der Waals surface area contributed by atoms with Crippen LogP contribution in [0.2, 0.25) is 0 Å². The average Bonchev–Trinajstić information content (AvgIpc) is 2.44. The first-order chi connectivity index (χ1) is 9.30. The second-order valence-corrected chi connectivity index (χ2v) is 6.26. The summed E-state index contributed by atoms with van der Waals surface area (Å²) in [5.41, 5.74) is -0.0446. The fourth-order valence-corrected chi connectivity index (χ4v) is 1.60. The van der Waals surface area contributed by atoms with Crippen LogP contribution in [0.15, 0.2) is 12.3 Å². The second-order valence-electron chi connectivity index (χ2n) is 4.74. The summed E-state index contributed by atoms with van der Waals surface area (Å²) in [4.78, 5) is 26.2. The van der Waals surface area contributed by atoms with Crippen molar-refractivity contribution in [3.05, 3.63) is 27.9 Å². The molecule has 0 bridgehead atoms. The molecule has 0 aliphatic rings. The van der Waals surface area contributed by atoms with E-state index in [4.69, 9.17) is 0 Å². The Hall–Kier alpha value is -1.83. The van der Waals surface area contributed by atoms with Crippen molar-refractivity contribution < 1.29 is 9.72 Å². The van der Waals surface area contributed by atoms with Crippen LogP contribution >= 0.6 is 11.8 Å². The molecular weight excluding hydrogens is 280 g/mol. The number of carbonyl (C=O) groups is 1. The lowest BCUT2D eigenvalue weighted by atomic mass is 10.2. The van der Waals surface area contributed by atoms with Gasteiger partial charge in [-0.1, -0.05) is 0 Å². The Bertz CT molecular complexity index is 519. The second kappa shape index (κ2) is 6.56. The van der Waals surface area contributed by atoms with Gasteiger partial charge in [-0.2, -0.15) is 11.8 Å². The molecule has 1 rings (SSSR count). The van der Waals surface area contributed by atoms with Gasteiger partial charge in [0.1, 0.15) is 12.0 Å². The Kier molecular flexibility index (Phi) is 5.32. The molecule has 8 heteroatoms. The van der Waals surface area contributed by atoms with E-state index in [-0.39, 0.29) is 21.9 Å². The molecule has 2 N–H and O–H groups in total.